The van der Waals surface area contributed by atoms with Crippen LogP contribution in [0.1, 0.15) is 12.5 Å². The summed E-state index contributed by atoms with van der Waals surface area (Å²) >= 11 is 0. The Balaban J connectivity index is 2.33. The predicted molar refractivity (Wildman–Crippen MR) is 115 cm³/mol. The number of aryl methyl sites for hydroxylation is 1. The Kier molecular flexibility index (Phi) is 6.31. The van der Waals surface area contributed by atoms with Gasteiger partial charge in [0.05, 0.1) is 4.90 Å². The molecule has 4 N–H and O–H groups in total. The van der Waals surface area contributed by atoms with Gasteiger partial charge in [0.25, 0.3) is 30.4 Å². The maximum absolute atomic E-state index is 11.9. The van der Waals surface area contributed by atoms with Gasteiger partial charge in [-0.3, -0.25) is 13.7 Å². The maximum Gasteiger partial charge on any atom is 0.296 e. The molecule has 0 aromatic heterocycles. The van der Waals surface area contributed by atoms with Gasteiger partial charge < -0.3 is 5.11 Å². The average molecular weight is 517 g/mol. The molecule has 0 amide bonds. The first-order valence-corrected chi connectivity index (χ1v) is 13.2. The number of phenols is 1. The van der Waals surface area contributed by atoms with E-state index in [4.69, 9.17) is 0 Å². The van der Waals surface area contributed by atoms with Crippen molar-refractivity contribution in [3.05, 3.63) is 48.0 Å². The van der Waals surface area contributed by atoms with Gasteiger partial charge in [-0.05, 0) is 41.6 Å². The normalized spacial score (nSPS) is 13.1. The molecular formula is C18H16N2O10S3. The summed E-state index contributed by atoms with van der Waals surface area (Å²) < 4.78 is 98.0. The van der Waals surface area contributed by atoms with Crippen molar-refractivity contribution in [2.75, 3.05) is 0 Å². The van der Waals surface area contributed by atoms with E-state index in [0.717, 1.165) is 11.6 Å². The minimum absolute atomic E-state index is 0.134. The van der Waals surface area contributed by atoms with E-state index < -0.39 is 62.2 Å². The van der Waals surface area contributed by atoms with E-state index in [2.05, 4.69) is 10.2 Å². The van der Waals surface area contributed by atoms with Crippen LogP contribution in [0.4, 0.5) is 11.4 Å². The molecule has 0 atom stereocenters. The molecule has 0 spiro atoms. The SMILES string of the molecule is CCc1ccc2c(O)c(N=Nc3cc(S(=O)(=O)O)ccc3S(=O)(=O)O)c(S(=O)(=O)O)cc2c1. The molecule has 0 aliphatic heterocycles. The van der Waals surface area contributed by atoms with Gasteiger partial charge in [-0.25, -0.2) is 0 Å². The molecule has 33 heavy (non-hydrogen) atoms. The molecule has 0 saturated carbocycles. The van der Waals surface area contributed by atoms with Crippen LogP contribution in [0.2, 0.25) is 0 Å². The van der Waals surface area contributed by atoms with Gasteiger partial charge in [-0.2, -0.15) is 25.3 Å². The summed E-state index contributed by atoms with van der Waals surface area (Å²) in [7, 11) is -14.7. The van der Waals surface area contributed by atoms with Crippen LogP contribution in [0.5, 0.6) is 5.75 Å². The molecule has 0 aliphatic carbocycles. The molecule has 15 heteroatoms. The van der Waals surface area contributed by atoms with Crippen molar-refractivity contribution in [2.24, 2.45) is 10.2 Å². The molecule has 0 fully saturated rings. The summed E-state index contributed by atoms with van der Waals surface area (Å²) in [5, 5.41) is 18.0. The highest BCUT2D eigenvalue weighted by molar-refractivity contribution is 7.86. The minimum Gasteiger partial charge on any atom is -0.505 e. The first-order valence-electron chi connectivity index (χ1n) is 8.89. The van der Waals surface area contributed by atoms with Crippen molar-refractivity contribution in [2.45, 2.75) is 28.0 Å². The fourth-order valence-electron chi connectivity index (χ4n) is 2.97. The van der Waals surface area contributed by atoms with Gasteiger partial charge in [0, 0.05) is 5.39 Å². The molecule has 0 heterocycles. The molecule has 3 rings (SSSR count). The molecule has 3 aromatic carbocycles. The van der Waals surface area contributed by atoms with Crippen LogP contribution in [0.3, 0.4) is 0 Å². The summed E-state index contributed by atoms with van der Waals surface area (Å²) in [4.78, 5) is -2.57. The number of hydrogen-bond donors (Lipinski definition) is 4. The van der Waals surface area contributed by atoms with Gasteiger partial charge >= 0.3 is 0 Å². The number of aromatic hydroxyl groups is 1. The highest BCUT2D eigenvalue weighted by atomic mass is 32.2. The summed E-state index contributed by atoms with van der Waals surface area (Å²) in [6.45, 7) is 1.85. The molecule has 3 aromatic rings. The van der Waals surface area contributed by atoms with Crippen LogP contribution < -0.4 is 0 Å². The highest BCUT2D eigenvalue weighted by Gasteiger charge is 2.24. The number of rotatable bonds is 6. The number of nitrogens with zero attached hydrogens (tertiary/aromatic N) is 2. The second-order valence-electron chi connectivity index (χ2n) is 6.74. The van der Waals surface area contributed by atoms with Crippen molar-refractivity contribution in [1.82, 2.24) is 0 Å². The van der Waals surface area contributed by atoms with Crippen LogP contribution in [-0.2, 0) is 36.8 Å². The zero-order valence-corrected chi connectivity index (χ0v) is 19.1. The second kappa shape index (κ2) is 8.44. The Bertz CT molecular complexity index is 1630. The van der Waals surface area contributed by atoms with Gasteiger partial charge in [-0.15, -0.1) is 10.2 Å². The van der Waals surface area contributed by atoms with E-state index in [1.807, 2.05) is 6.92 Å². The molecule has 0 aliphatic rings. The molecule has 12 nitrogen and oxygen atoms in total. The van der Waals surface area contributed by atoms with Crippen molar-refractivity contribution >= 4 is 52.5 Å². The Morgan fingerprint density at radius 1 is 0.758 bits per heavy atom. The first-order chi connectivity index (χ1) is 15.1. The van der Waals surface area contributed by atoms with E-state index in [9.17, 15) is 44.0 Å². The second-order valence-corrected chi connectivity index (χ2v) is 10.9. The van der Waals surface area contributed by atoms with Crippen LogP contribution in [0.15, 0.2) is 67.4 Å². The molecule has 0 bridgehead atoms. The smallest absolute Gasteiger partial charge is 0.296 e. The van der Waals surface area contributed by atoms with Gasteiger partial charge in [0.15, 0.2) is 5.75 Å². The lowest BCUT2D eigenvalue weighted by atomic mass is 10.0. The van der Waals surface area contributed by atoms with E-state index in [-0.39, 0.29) is 10.8 Å². The number of benzene rings is 3. The third kappa shape index (κ3) is 5.18. The summed E-state index contributed by atoms with van der Waals surface area (Å²) in [6.07, 6.45) is 0.599. The predicted octanol–water partition coefficient (Wildman–Crippen LogP) is 3.26. The van der Waals surface area contributed by atoms with Crippen molar-refractivity contribution in [1.29, 1.82) is 0 Å². The number of phenolic OH excluding ortho intramolecular Hbond substituents is 1. The van der Waals surface area contributed by atoms with E-state index in [0.29, 0.717) is 24.6 Å². The number of fused-ring (bicyclic) bond motifs is 1. The molecule has 0 saturated heterocycles. The van der Waals surface area contributed by atoms with E-state index in [1.165, 1.54) is 6.07 Å². The quantitative estimate of drug-likeness (QED) is 0.277. The summed E-state index contributed by atoms with van der Waals surface area (Å²) in [5.74, 6) is -0.717. The largest absolute Gasteiger partial charge is 0.505 e. The lowest BCUT2D eigenvalue weighted by Crippen LogP contribution is -2.02. The monoisotopic (exact) mass is 516 g/mol. The van der Waals surface area contributed by atoms with Crippen LogP contribution in [0.25, 0.3) is 10.8 Å². The molecular weight excluding hydrogens is 500 g/mol. The zero-order chi connectivity index (χ0) is 24.8. The summed E-state index contributed by atoms with van der Waals surface area (Å²) in [6, 6.07) is 7.59. The Morgan fingerprint density at radius 3 is 1.94 bits per heavy atom. The van der Waals surface area contributed by atoms with Crippen LogP contribution >= 0.6 is 0 Å². The minimum atomic E-state index is -4.96. The zero-order valence-electron chi connectivity index (χ0n) is 16.6. The van der Waals surface area contributed by atoms with Gasteiger partial charge in [-0.1, -0.05) is 25.1 Å². The third-order valence-corrected chi connectivity index (χ3v) is 7.18. The lowest BCUT2D eigenvalue weighted by molar-refractivity contribution is 0.472. The van der Waals surface area contributed by atoms with Crippen LogP contribution in [-0.4, -0.2) is 44.0 Å². The van der Waals surface area contributed by atoms with Gasteiger partial charge in [0.2, 0.25) is 0 Å². The highest BCUT2D eigenvalue weighted by Crippen LogP contribution is 2.42. The Hall–Kier alpha value is -2.95. The van der Waals surface area contributed by atoms with Crippen molar-refractivity contribution in [3.63, 3.8) is 0 Å². The Labute approximate surface area is 188 Å². The average Bonchev–Trinajstić information content (AvgIpc) is 2.70. The third-order valence-electron chi connectivity index (χ3n) is 4.57. The number of azo groups is 1. The van der Waals surface area contributed by atoms with E-state index in [1.54, 1.807) is 12.1 Å². The van der Waals surface area contributed by atoms with E-state index >= 15 is 0 Å². The molecule has 0 radical (unpaired) electrons. The molecule has 176 valence electrons. The number of hydrogen-bond acceptors (Lipinski definition) is 9. The van der Waals surface area contributed by atoms with Crippen LogP contribution in [0, 0.1) is 0 Å². The van der Waals surface area contributed by atoms with Crippen molar-refractivity contribution in [3.8, 4) is 5.75 Å². The Morgan fingerprint density at radius 2 is 1.39 bits per heavy atom. The van der Waals surface area contributed by atoms with Crippen molar-refractivity contribution < 1.29 is 44.0 Å². The first kappa shape index (κ1) is 24.7. The summed E-state index contributed by atoms with van der Waals surface area (Å²) in [5.41, 5.74) is -0.764. The standard InChI is InChI=1S/C18H16N2O10S3/c1-2-10-3-5-13-11(7-10)8-16(33(28,29)30)17(18(13)21)20-19-14-9-12(31(22,23)24)4-6-15(14)32(25,26)27/h3-9,21H,2H2,1H3,(H,22,23,24)(H,25,26,27)(H,28,29,30). The molecule has 0 unspecified atom stereocenters. The lowest BCUT2D eigenvalue weighted by Gasteiger charge is -2.10. The van der Waals surface area contributed by atoms with Gasteiger partial charge in [0.1, 0.15) is 21.2 Å². The fraction of sp³-hybridized carbons (Fsp3) is 0.111. The maximum atomic E-state index is 11.9. The fourth-order valence-corrected chi connectivity index (χ4v) is 4.73. The topological polar surface area (TPSA) is 208 Å².